The quantitative estimate of drug-likeness (QED) is 0.625. The number of hydrogen-bond donors (Lipinski definition) is 1. The molecule has 1 aliphatic rings. The highest BCUT2D eigenvalue weighted by Gasteiger charge is 2.21. The average molecular weight is 390 g/mol. The molecule has 142 valence electrons. The molecule has 0 bridgehead atoms. The molecule has 1 atom stereocenters. The molecule has 8 heteroatoms. The third-order valence-corrected chi connectivity index (χ3v) is 4.44. The van der Waals surface area contributed by atoms with Gasteiger partial charge < -0.3 is 19.7 Å². The van der Waals surface area contributed by atoms with Gasteiger partial charge in [0, 0.05) is 30.7 Å². The van der Waals surface area contributed by atoms with Crippen LogP contribution in [0.5, 0.6) is 0 Å². The van der Waals surface area contributed by atoms with Gasteiger partial charge in [-0.3, -0.25) is 4.79 Å². The van der Waals surface area contributed by atoms with E-state index in [2.05, 4.69) is 15.2 Å². The number of ether oxygens (including phenoxy) is 2. The highest BCUT2D eigenvalue weighted by molar-refractivity contribution is 6.32. The van der Waals surface area contributed by atoms with Crippen LogP contribution in [0.2, 0.25) is 5.15 Å². The van der Waals surface area contributed by atoms with Crippen molar-refractivity contribution in [1.82, 2.24) is 4.98 Å². The maximum Gasteiger partial charge on any atom is 0.342 e. The number of nitrogens with one attached hydrogen (secondary N) is 1. The van der Waals surface area contributed by atoms with E-state index in [1.807, 2.05) is 24.3 Å². The molecule has 0 spiro atoms. The van der Waals surface area contributed by atoms with Crippen molar-refractivity contribution < 1.29 is 19.1 Å². The number of morpholine rings is 1. The average Bonchev–Trinajstić information content (AvgIpc) is 2.69. The SMILES string of the molecule is CC(OC(=O)c1cccnc1Cl)C(=O)Nc1ccc(N2CCOCC2)cc1. The summed E-state index contributed by atoms with van der Waals surface area (Å²) < 4.78 is 10.5. The molecule has 0 radical (unpaired) electrons. The number of esters is 1. The lowest BCUT2D eigenvalue weighted by Crippen LogP contribution is -2.36. The van der Waals surface area contributed by atoms with E-state index in [0.717, 1.165) is 18.8 Å². The van der Waals surface area contributed by atoms with Gasteiger partial charge in [-0.15, -0.1) is 0 Å². The van der Waals surface area contributed by atoms with Crippen LogP contribution in [-0.4, -0.2) is 49.3 Å². The van der Waals surface area contributed by atoms with Crippen LogP contribution in [0.15, 0.2) is 42.6 Å². The van der Waals surface area contributed by atoms with Crippen molar-refractivity contribution in [2.24, 2.45) is 0 Å². The molecule has 27 heavy (non-hydrogen) atoms. The molecule has 1 aromatic heterocycles. The van der Waals surface area contributed by atoms with Gasteiger partial charge in [-0.2, -0.15) is 0 Å². The number of anilines is 2. The number of halogens is 1. The normalized spacial score (nSPS) is 15.1. The topological polar surface area (TPSA) is 80.8 Å². The van der Waals surface area contributed by atoms with Gasteiger partial charge in [-0.1, -0.05) is 11.6 Å². The van der Waals surface area contributed by atoms with Crippen LogP contribution >= 0.6 is 11.6 Å². The first kappa shape index (κ1) is 19.1. The van der Waals surface area contributed by atoms with Crippen molar-refractivity contribution in [2.45, 2.75) is 13.0 Å². The summed E-state index contributed by atoms with van der Waals surface area (Å²) in [5.41, 5.74) is 1.81. The lowest BCUT2D eigenvalue weighted by molar-refractivity contribution is -0.123. The lowest BCUT2D eigenvalue weighted by Gasteiger charge is -2.28. The van der Waals surface area contributed by atoms with E-state index in [4.69, 9.17) is 21.1 Å². The van der Waals surface area contributed by atoms with E-state index in [1.54, 1.807) is 6.07 Å². The fourth-order valence-electron chi connectivity index (χ4n) is 2.64. The molecule has 2 aromatic rings. The number of nitrogens with zero attached hydrogens (tertiary/aromatic N) is 2. The molecule has 1 amide bonds. The molecular weight excluding hydrogens is 370 g/mol. The van der Waals surface area contributed by atoms with Crippen molar-refractivity contribution >= 4 is 34.9 Å². The van der Waals surface area contributed by atoms with E-state index >= 15 is 0 Å². The monoisotopic (exact) mass is 389 g/mol. The van der Waals surface area contributed by atoms with Crippen LogP contribution in [-0.2, 0) is 14.3 Å². The van der Waals surface area contributed by atoms with Crippen LogP contribution < -0.4 is 10.2 Å². The minimum Gasteiger partial charge on any atom is -0.449 e. The van der Waals surface area contributed by atoms with Gasteiger partial charge in [0.25, 0.3) is 5.91 Å². The summed E-state index contributed by atoms with van der Waals surface area (Å²) in [5, 5.41) is 2.77. The minimum absolute atomic E-state index is 0.0359. The molecule has 1 saturated heterocycles. The fraction of sp³-hybridized carbons (Fsp3) is 0.316. The van der Waals surface area contributed by atoms with Gasteiger partial charge in [0.05, 0.1) is 18.8 Å². The van der Waals surface area contributed by atoms with E-state index in [9.17, 15) is 9.59 Å². The molecule has 1 unspecified atom stereocenters. The Hall–Kier alpha value is -2.64. The summed E-state index contributed by atoms with van der Waals surface area (Å²) in [5.74, 6) is -1.12. The highest BCUT2D eigenvalue weighted by atomic mass is 35.5. The predicted molar refractivity (Wildman–Crippen MR) is 102 cm³/mol. The second-order valence-electron chi connectivity index (χ2n) is 6.02. The number of carbonyl (C=O) groups is 2. The van der Waals surface area contributed by atoms with Crippen LogP contribution in [0.25, 0.3) is 0 Å². The Morgan fingerprint density at radius 1 is 1.22 bits per heavy atom. The van der Waals surface area contributed by atoms with Gasteiger partial charge in [0.15, 0.2) is 6.10 Å². The molecule has 0 saturated carbocycles. The van der Waals surface area contributed by atoms with Crippen LogP contribution in [0.1, 0.15) is 17.3 Å². The Morgan fingerprint density at radius 2 is 1.93 bits per heavy atom. The largest absolute Gasteiger partial charge is 0.449 e. The summed E-state index contributed by atoms with van der Waals surface area (Å²) in [6.45, 7) is 4.61. The second kappa shape index (κ2) is 8.83. The number of rotatable bonds is 5. The first-order chi connectivity index (χ1) is 13.0. The number of benzene rings is 1. The highest BCUT2D eigenvalue weighted by Crippen LogP contribution is 2.19. The Kier molecular flexibility index (Phi) is 6.26. The zero-order chi connectivity index (χ0) is 19.2. The molecule has 1 aliphatic heterocycles. The maximum absolute atomic E-state index is 12.3. The van der Waals surface area contributed by atoms with Crippen molar-refractivity contribution in [3.8, 4) is 0 Å². The second-order valence-corrected chi connectivity index (χ2v) is 6.38. The number of amides is 1. The first-order valence-corrected chi connectivity index (χ1v) is 8.97. The van der Waals surface area contributed by atoms with Crippen LogP contribution in [0.3, 0.4) is 0 Å². The van der Waals surface area contributed by atoms with Crippen molar-refractivity contribution in [1.29, 1.82) is 0 Å². The zero-order valence-corrected chi connectivity index (χ0v) is 15.6. The van der Waals surface area contributed by atoms with Crippen LogP contribution in [0.4, 0.5) is 11.4 Å². The lowest BCUT2D eigenvalue weighted by atomic mass is 10.2. The summed E-state index contributed by atoms with van der Waals surface area (Å²) >= 11 is 5.87. The molecular formula is C19H20ClN3O4. The Morgan fingerprint density at radius 3 is 2.59 bits per heavy atom. The Bertz CT molecular complexity index is 807. The van der Waals surface area contributed by atoms with Crippen molar-refractivity contribution in [3.05, 3.63) is 53.3 Å². The smallest absolute Gasteiger partial charge is 0.342 e. The predicted octanol–water partition coefficient (Wildman–Crippen LogP) is 2.76. The van der Waals surface area contributed by atoms with E-state index in [1.165, 1.54) is 19.2 Å². The number of carbonyl (C=O) groups excluding carboxylic acids is 2. The third-order valence-electron chi connectivity index (χ3n) is 4.14. The molecule has 1 aromatic carbocycles. The van der Waals surface area contributed by atoms with Gasteiger partial charge >= 0.3 is 5.97 Å². The summed E-state index contributed by atoms with van der Waals surface area (Å²) in [6.07, 6.45) is 0.489. The minimum atomic E-state index is -0.979. The van der Waals surface area contributed by atoms with Gasteiger partial charge in [-0.05, 0) is 43.3 Å². The molecule has 1 fully saturated rings. The number of pyridine rings is 1. The van der Waals surface area contributed by atoms with Gasteiger partial charge in [-0.25, -0.2) is 9.78 Å². The summed E-state index contributed by atoms with van der Waals surface area (Å²) in [6, 6.07) is 10.6. The molecule has 3 rings (SSSR count). The zero-order valence-electron chi connectivity index (χ0n) is 14.9. The maximum atomic E-state index is 12.3. The van der Waals surface area contributed by atoms with Crippen molar-refractivity contribution in [2.75, 3.05) is 36.5 Å². The fourth-order valence-corrected chi connectivity index (χ4v) is 2.83. The van der Waals surface area contributed by atoms with Gasteiger partial charge in [0.2, 0.25) is 0 Å². The summed E-state index contributed by atoms with van der Waals surface area (Å²) in [7, 11) is 0. The van der Waals surface area contributed by atoms with E-state index in [0.29, 0.717) is 18.9 Å². The Labute approximate surface area is 162 Å². The van der Waals surface area contributed by atoms with Crippen LogP contribution in [0, 0.1) is 0 Å². The van der Waals surface area contributed by atoms with Gasteiger partial charge in [0.1, 0.15) is 5.15 Å². The molecule has 7 nitrogen and oxygen atoms in total. The third kappa shape index (κ3) is 4.96. The first-order valence-electron chi connectivity index (χ1n) is 8.60. The Balaban J connectivity index is 1.56. The molecule has 2 heterocycles. The standard InChI is InChI=1S/C19H20ClN3O4/c1-13(27-19(25)16-3-2-8-21-17(16)20)18(24)22-14-4-6-15(7-5-14)23-9-11-26-12-10-23/h2-8,13H,9-12H2,1H3,(H,22,24). The van der Waals surface area contributed by atoms with E-state index < -0.39 is 18.0 Å². The molecule has 1 N–H and O–H groups in total. The van der Waals surface area contributed by atoms with Crippen molar-refractivity contribution in [3.63, 3.8) is 0 Å². The number of hydrogen-bond acceptors (Lipinski definition) is 6. The number of aromatic nitrogens is 1. The molecule has 0 aliphatic carbocycles. The summed E-state index contributed by atoms with van der Waals surface area (Å²) in [4.78, 5) is 30.4. The van der Waals surface area contributed by atoms with E-state index in [-0.39, 0.29) is 10.7 Å².